The number of carbonyl (C=O) groups excluding carboxylic acids is 3. The van der Waals surface area contributed by atoms with Crippen LogP contribution >= 0.6 is 11.3 Å². The molecule has 3 heterocycles. The van der Waals surface area contributed by atoms with Gasteiger partial charge in [-0.15, -0.1) is 11.3 Å². The average Bonchev–Trinajstić information content (AvgIpc) is 3.33. The van der Waals surface area contributed by atoms with E-state index in [1.807, 2.05) is 31.4 Å². The highest BCUT2D eigenvalue weighted by Crippen LogP contribution is 2.38. The van der Waals surface area contributed by atoms with Gasteiger partial charge < -0.3 is 4.57 Å². The maximum atomic E-state index is 13.3. The van der Waals surface area contributed by atoms with Crippen molar-refractivity contribution < 1.29 is 14.4 Å². The van der Waals surface area contributed by atoms with Gasteiger partial charge in [0.05, 0.1) is 11.3 Å². The number of nitrogens with zero attached hydrogens (tertiary/aromatic N) is 3. The SMILES string of the molecule is Cc1ccc(N2C(=O)NC(=O)/C(=C\c3cc(C)n(-c4sc5c(c4C#N)CCCC5)c3C)C2=O)cc1. The lowest BCUT2D eigenvalue weighted by molar-refractivity contribution is -0.122. The lowest BCUT2D eigenvalue weighted by Gasteiger charge is -2.26. The summed E-state index contributed by atoms with van der Waals surface area (Å²) < 4.78 is 2.03. The number of thiophene rings is 1. The third-order valence-corrected chi connectivity index (χ3v) is 7.91. The first-order chi connectivity index (χ1) is 16.8. The number of aromatic nitrogens is 1. The first kappa shape index (κ1) is 22.8. The highest BCUT2D eigenvalue weighted by atomic mass is 32.1. The van der Waals surface area contributed by atoms with Crippen molar-refractivity contribution in [2.75, 3.05) is 4.90 Å². The van der Waals surface area contributed by atoms with Crippen LogP contribution in [0.1, 0.15) is 51.4 Å². The van der Waals surface area contributed by atoms with E-state index >= 15 is 0 Å². The number of hydrogen-bond acceptors (Lipinski definition) is 5. The van der Waals surface area contributed by atoms with E-state index in [-0.39, 0.29) is 5.57 Å². The van der Waals surface area contributed by atoms with E-state index in [2.05, 4.69) is 11.4 Å². The lowest BCUT2D eigenvalue weighted by Crippen LogP contribution is -2.54. The Bertz CT molecular complexity index is 1470. The molecule has 3 aromatic rings. The lowest BCUT2D eigenvalue weighted by atomic mass is 9.96. The molecule has 35 heavy (non-hydrogen) atoms. The quantitative estimate of drug-likeness (QED) is 0.423. The maximum Gasteiger partial charge on any atom is 0.335 e. The maximum absolute atomic E-state index is 13.3. The van der Waals surface area contributed by atoms with E-state index in [9.17, 15) is 19.6 Å². The van der Waals surface area contributed by atoms with Gasteiger partial charge in [0.15, 0.2) is 0 Å². The van der Waals surface area contributed by atoms with Crippen LogP contribution < -0.4 is 10.2 Å². The Morgan fingerprint density at radius 2 is 1.77 bits per heavy atom. The Balaban J connectivity index is 1.57. The topological polar surface area (TPSA) is 95.2 Å². The number of nitrogens with one attached hydrogen (secondary N) is 1. The smallest absolute Gasteiger partial charge is 0.308 e. The highest BCUT2D eigenvalue weighted by molar-refractivity contribution is 7.15. The van der Waals surface area contributed by atoms with Gasteiger partial charge in [0.2, 0.25) is 0 Å². The number of nitriles is 1. The van der Waals surface area contributed by atoms with Crippen LogP contribution in [-0.2, 0) is 22.4 Å². The molecule has 5 rings (SSSR count). The third kappa shape index (κ3) is 3.78. The summed E-state index contributed by atoms with van der Waals surface area (Å²) in [6, 6.07) is 10.5. The molecule has 2 aromatic heterocycles. The van der Waals surface area contributed by atoms with Crippen molar-refractivity contribution in [2.24, 2.45) is 0 Å². The van der Waals surface area contributed by atoms with Crippen LogP contribution in [0.15, 0.2) is 35.9 Å². The van der Waals surface area contributed by atoms with Crippen LogP contribution in [0, 0.1) is 32.1 Å². The van der Waals surface area contributed by atoms with Crippen LogP contribution in [0.2, 0.25) is 0 Å². The van der Waals surface area contributed by atoms with Crippen LogP contribution in [0.25, 0.3) is 11.1 Å². The fraction of sp³-hybridized carbons (Fsp3) is 0.259. The second kappa shape index (κ2) is 8.67. The minimum Gasteiger partial charge on any atom is -0.308 e. The van der Waals surface area contributed by atoms with E-state index < -0.39 is 17.8 Å². The molecule has 0 spiro atoms. The minimum atomic E-state index is -0.769. The van der Waals surface area contributed by atoms with Crippen LogP contribution in [0.3, 0.4) is 0 Å². The molecule has 1 aliphatic carbocycles. The number of urea groups is 1. The molecule has 0 saturated carbocycles. The summed E-state index contributed by atoms with van der Waals surface area (Å²) in [5.74, 6) is -1.39. The van der Waals surface area contributed by atoms with Gasteiger partial charge in [-0.05, 0) is 81.9 Å². The molecule has 1 fully saturated rings. The molecule has 4 amide bonds. The number of barbiturate groups is 1. The van der Waals surface area contributed by atoms with Gasteiger partial charge >= 0.3 is 6.03 Å². The fourth-order valence-electron chi connectivity index (χ4n) is 4.81. The number of carbonyl (C=O) groups is 3. The number of hydrogen-bond donors (Lipinski definition) is 1. The molecule has 7 nitrogen and oxygen atoms in total. The predicted octanol–water partition coefficient (Wildman–Crippen LogP) is 4.88. The largest absolute Gasteiger partial charge is 0.335 e. The summed E-state index contributed by atoms with van der Waals surface area (Å²) in [5.41, 5.74) is 5.55. The van der Waals surface area contributed by atoms with E-state index in [1.54, 1.807) is 35.6 Å². The van der Waals surface area contributed by atoms with Crippen LogP contribution in [-0.4, -0.2) is 22.4 Å². The van der Waals surface area contributed by atoms with Crippen molar-refractivity contribution >= 4 is 40.9 Å². The van der Waals surface area contributed by atoms with Gasteiger partial charge in [-0.25, -0.2) is 9.69 Å². The summed E-state index contributed by atoms with van der Waals surface area (Å²) in [4.78, 5) is 40.7. The van der Waals surface area contributed by atoms with E-state index in [0.29, 0.717) is 16.8 Å². The van der Waals surface area contributed by atoms with Crippen molar-refractivity contribution in [1.82, 2.24) is 9.88 Å². The zero-order valence-electron chi connectivity index (χ0n) is 19.8. The molecule has 0 radical (unpaired) electrons. The number of benzene rings is 1. The number of aryl methyl sites for hydroxylation is 3. The molecule has 8 heteroatoms. The summed E-state index contributed by atoms with van der Waals surface area (Å²) in [7, 11) is 0. The number of amides is 4. The fourth-order valence-corrected chi connectivity index (χ4v) is 6.26. The molecule has 176 valence electrons. The second-order valence-electron chi connectivity index (χ2n) is 8.96. The molecule has 0 unspecified atom stereocenters. The zero-order valence-corrected chi connectivity index (χ0v) is 20.6. The predicted molar refractivity (Wildman–Crippen MR) is 135 cm³/mol. The van der Waals surface area contributed by atoms with Crippen LogP contribution in [0.5, 0.6) is 0 Å². The van der Waals surface area contributed by atoms with Gasteiger partial charge in [0.1, 0.15) is 16.6 Å². The van der Waals surface area contributed by atoms with Crippen molar-refractivity contribution in [3.05, 3.63) is 74.4 Å². The Kier molecular flexibility index (Phi) is 5.65. The van der Waals surface area contributed by atoms with Crippen molar-refractivity contribution in [1.29, 1.82) is 5.26 Å². The monoisotopic (exact) mass is 484 g/mol. The van der Waals surface area contributed by atoms with Gasteiger partial charge in [-0.2, -0.15) is 5.26 Å². The Hall–Kier alpha value is -3.96. The standard InChI is InChI=1S/C27H24N4O3S/c1-15-8-10-19(11-9-15)31-25(33)21(24(32)29-27(31)34)13-18-12-16(2)30(17(18)3)26-22(14-28)20-6-4-5-7-23(20)35-26/h8-13H,4-7H2,1-3H3,(H,29,32,34)/b21-13+. The minimum absolute atomic E-state index is 0.114. The molecule has 0 atom stereocenters. The van der Waals surface area contributed by atoms with Crippen LogP contribution in [0.4, 0.5) is 10.5 Å². The van der Waals surface area contributed by atoms with Gasteiger partial charge in [0, 0.05) is 16.3 Å². The summed E-state index contributed by atoms with van der Waals surface area (Å²) >= 11 is 1.65. The summed E-state index contributed by atoms with van der Waals surface area (Å²) in [5, 5.41) is 13.1. The van der Waals surface area contributed by atoms with Crippen molar-refractivity contribution in [3.63, 3.8) is 0 Å². The first-order valence-electron chi connectivity index (χ1n) is 11.5. The number of rotatable bonds is 3. The van der Waals surface area contributed by atoms with Gasteiger partial charge in [-0.1, -0.05) is 17.7 Å². The molecule has 1 aliphatic heterocycles. The normalized spacial score (nSPS) is 16.9. The zero-order chi connectivity index (χ0) is 24.9. The second-order valence-corrected chi connectivity index (χ2v) is 10.0. The van der Waals surface area contributed by atoms with E-state index in [0.717, 1.165) is 58.1 Å². The van der Waals surface area contributed by atoms with E-state index in [4.69, 9.17) is 0 Å². The van der Waals surface area contributed by atoms with Crippen molar-refractivity contribution in [2.45, 2.75) is 46.5 Å². The Morgan fingerprint density at radius 3 is 2.49 bits per heavy atom. The van der Waals surface area contributed by atoms with E-state index in [1.165, 1.54) is 11.0 Å². The highest BCUT2D eigenvalue weighted by Gasteiger charge is 2.37. The molecule has 1 N–H and O–H groups in total. The van der Waals surface area contributed by atoms with Gasteiger partial charge in [-0.3, -0.25) is 14.9 Å². The average molecular weight is 485 g/mol. The molecular weight excluding hydrogens is 460 g/mol. The molecule has 1 saturated heterocycles. The summed E-state index contributed by atoms with van der Waals surface area (Å²) in [6.45, 7) is 5.77. The first-order valence-corrected chi connectivity index (χ1v) is 12.3. The Morgan fingerprint density at radius 1 is 1.06 bits per heavy atom. The molecular formula is C27H24N4O3S. The number of fused-ring (bicyclic) bond motifs is 1. The van der Waals surface area contributed by atoms with Gasteiger partial charge in [0.25, 0.3) is 11.8 Å². The Labute approximate surface area is 207 Å². The number of anilines is 1. The molecule has 0 bridgehead atoms. The summed E-state index contributed by atoms with van der Waals surface area (Å²) in [6.07, 6.45) is 5.66. The number of imide groups is 2. The van der Waals surface area contributed by atoms with Crippen molar-refractivity contribution in [3.8, 4) is 11.1 Å². The molecule has 2 aliphatic rings. The third-order valence-electron chi connectivity index (χ3n) is 6.63. The molecule has 1 aromatic carbocycles.